The van der Waals surface area contributed by atoms with Gasteiger partial charge in [-0.05, 0) is 39.3 Å². The lowest BCUT2D eigenvalue weighted by atomic mass is 10.1. The van der Waals surface area contributed by atoms with E-state index in [0.717, 1.165) is 5.56 Å². The maximum atomic E-state index is 11.7. The zero-order chi connectivity index (χ0) is 12.8. The molecule has 1 heterocycles. The van der Waals surface area contributed by atoms with Gasteiger partial charge in [0.05, 0.1) is 6.04 Å². The summed E-state index contributed by atoms with van der Waals surface area (Å²) in [5.74, 6) is 0.0238. The van der Waals surface area contributed by atoms with Gasteiger partial charge in [0, 0.05) is 24.5 Å². The second-order valence-electron chi connectivity index (χ2n) is 4.56. The Balaban J connectivity index is 2.51. The van der Waals surface area contributed by atoms with Crippen LogP contribution < -0.4 is 10.6 Å². The van der Waals surface area contributed by atoms with Crippen LogP contribution in [0.5, 0.6) is 0 Å². The molecule has 0 saturated carbocycles. The second-order valence-corrected chi connectivity index (χ2v) is 4.56. The summed E-state index contributed by atoms with van der Waals surface area (Å²) in [5, 5.41) is 6.13. The molecule has 1 aromatic heterocycles. The average Bonchev–Trinajstić information content (AvgIpc) is 2.29. The van der Waals surface area contributed by atoms with Gasteiger partial charge < -0.3 is 5.32 Å². The SMILES string of the molecule is CC(C)NC(=O)C(C)N[C@@H](C)c1cccnc1. The molecule has 2 atom stereocenters. The fraction of sp³-hybridized carbons (Fsp3) is 0.538. The van der Waals surface area contributed by atoms with E-state index in [1.54, 1.807) is 6.20 Å². The first-order valence-electron chi connectivity index (χ1n) is 5.97. The van der Waals surface area contributed by atoms with E-state index in [1.165, 1.54) is 0 Å². The predicted octanol–water partition coefficient (Wildman–Crippen LogP) is 1.65. The minimum absolute atomic E-state index is 0.0238. The first-order chi connectivity index (χ1) is 8.00. The van der Waals surface area contributed by atoms with Crippen LogP contribution in [-0.2, 0) is 4.79 Å². The summed E-state index contributed by atoms with van der Waals surface area (Å²) >= 11 is 0. The van der Waals surface area contributed by atoms with Crippen LogP contribution in [0.4, 0.5) is 0 Å². The Hall–Kier alpha value is -1.42. The van der Waals surface area contributed by atoms with Gasteiger partial charge in [0.1, 0.15) is 0 Å². The van der Waals surface area contributed by atoms with Crippen LogP contribution in [0.25, 0.3) is 0 Å². The highest BCUT2D eigenvalue weighted by Gasteiger charge is 2.16. The molecule has 0 aliphatic rings. The molecule has 0 spiro atoms. The van der Waals surface area contributed by atoms with E-state index in [-0.39, 0.29) is 24.0 Å². The summed E-state index contributed by atoms with van der Waals surface area (Å²) in [6, 6.07) is 3.95. The van der Waals surface area contributed by atoms with Crippen molar-refractivity contribution in [2.24, 2.45) is 0 Å². The zero-order valence-corrected chi connectivity index (χ0v) is 10.9. The number of nitrogens with zero attached hydrogens (tertiary/aromatic N) is 1. The molecule has 4 nitrogen and oxygen atoms in total. The van der Waals surface area contributed by atoms with Crippen molar-refractivity contribution in [2.75, 3.05) is 0 Å². The molecule has 1 rings (SSSR count). The number of carbonyl (C=O) groups is 1. The molecule has 1 aromatic rings. The fourth-order valence-corrected chi connectivity index (χ4v) is 1.59. The Morgan fingerprint density at radius 3 is 2.53 bits per heavy atom. The van der Waals surface area contributed by atoms with Crippen molar-refractivity contribution in [3.63, 3.8) is 0 Å². The average molecular weight is 235 g/mol. The molecule has 0 aromatic carbocycles. The third-order valence-corrected chi connectivity index (χ3v) is 2.51. The summed E-state index contributed by atoms with van der Waals surface area (Å²) < 4.78 is 0. The van der Waals surface area contributed by atoms with E-state index >= 15 is 0 Å². The number of aromatic nitrogens is 1. The first-order valence-corrected chi connectivity index (χ1v) is 5.97. The quantitative estimate of drug-likeness (QED) is 0.816. The van der Waals surface area contributed by atoms with Crippen molar-refractivity contribution in [2.45, 2.75) is 45.8 Å². The fourth-order valence-electron chi connectivity index (χ4n) is 1.59. The lowest BCUT2D eigenvalue weighted by molar-refractivity contribution is -0.123. The van der Waals surface area contributed by atoms with Gasteiger partial charge in [0.15, 0.2) is 0 Å². The zero-order valence-electron chi connectivity index (χ0n) is 10.9. The molecule has 0 aliphatic heterocycles. The molecular formula is C13H21N3O. The summed E-state index contributed by atoms with van der Waals surface area (Å²) in [4.78, 5) is 15.8. The van der Waals surface area contributed by atoms with E-state index in [2.05, 4.69) is 15.6 Å². The van der Waals surface area contributed by atoms with Crippen LogP contribution in [0.15, 0.2) is 24.5 Å². The maximum absolute atomic E-state index is 11.7. The second kappa shape index (κ2) is 6.35. The van der Waals surface area contributed by atoms with Gasteiger partial charge >= 0.3 is 0 Å². The van der Waals surface area contributed by atoms with Gasteiger partial charge in [-0.2, -0.15) is 0 Å². The lowest BCUT2D eigenvalue weighted by Crippen LogP contribution is -2.45. The molecule has 1 amide bonds. The lowest BCUT2D eigenvalue weighted by Gasteiger charge is -2.20. The largest absolute Gasteiger partial charge is 0.353 e. The normalized spacial score (nSPS) is 14.4. The Morgan fingerprint density at radius 1 is 1.29 bits per heavy atom. The van der Waals surface area contributed by atoms with Crippen molar-refractivity contribution in [1.82, 2.24) is 15.6 Å². The summed E-state index contributed by atoms with van der Waals surface area (Å²) in [7, 11) is 0. The highest BCUT2D eigenvalue weighted by atomic mass is 16.2. The number of rotatable bonds is 5. The molecular weight excluding hydrogens is 214 g/mol. The standard InChI is InChI=1S/C13H21N3O/c1-9(2)15-13(17)11(4)16-10(3)12-6-5-7-14-8-12/h5-11,16H,1-4H3,(H,15,17)/t10-,11?/m0/s1. The van der Waals surface area contributed by atoms with E-state index in [9.17, 15) is 4.79 Å². The van der Waals surface area contributed by atoms with E-state index in [0.29, 0.717) is 0 Å². The topological polar surface area (TPSA) is 54.0 Å². The van der Waals surface area contributed by atoms with Crippen molar-refractivity contribution < 1.29 is 4.79 Å². The Kier molecular flexibility index (Phi) is 5.10. The smallest absolute Gasteiger partial charge is 0.237 e. The van der Waals surface area contributed by atoms with Crippen LogP contribution in [-0.4, -0.2) is 23.0 Å². The highest BCUT2D eigenvalue weighted by Crippen LogP contribution is 2.10. The van der Waals surface area contributed by atoms with Crippen molar-refractivity contribution in [1.29, 1.82) is 0 Å². The molecule has 0 saturated heterocycles. The molecule has 0 radical (unpaired) electrons. The minimum Gasteiger partial charge on any atom is -0.353 e. The van der Waals surface area contributed by atoms with E-state index < -0.39 is 0 Å². The van der Waals surface area contributed by atoms with Crippen LogP contribution in [0.3, 0.4) is 0 Å². The Labute approximate surface area is 103 Å². The predicted molar refractivity (Wildman–Crippen MR) is 68.5 cm³/mol. The summed E-state index contributed by atoms with van der Waals surface area (Å²) in [5.41, 5.74) is 1.08. The number of carbonyl (C=O) groups excluding carboxylic acids is 1. The molecule has 94 valence electrons. The van der Waals surface area contributed by atoms with Crippen molar-refractivity contribution in [3.8, 4) is 0 Å². The van der Waals surface area contributed by atoms with Gasteiger partial charge in [-0.3, -0.25) is 15.1 Å². The molecule has 0 aliphatic carbocycles. The highest BCUT2D eigenvalue weighted by molar-refractivity contribution is 5.81. The molecule has 0 fully saturated rings. The van der Waals surface area contributed by atoms with Crippen molar-refractivity contribution >= 4 is 5.91 Å². The van der Waals surface area contributed by atoms with E-state index in [4.69, 9.17) is 0 Å². The number of hydrogen-bond acceptors (Lipinski definition) is 3. The Bertz CT molecular complexity index is 351. The van der Waals surface area contributed by atoms with Gasteiger partial charge in [-0.15, -0.1) is 0 Å². The van der Waals surface area contributed by atoms with Gasteiger partial charge in [-0.25, -0.2) is 0 Å². The third-order valence-electron chi connectivity index (χ3n) is 2.51. The van der Waals surface area contributed by atoms with Gasteiger partial charge in [0.25, 0.3) is 0 Å². The monoisotopic (exact) mass is 235 g/mol. The number of nitrogens with one attached hydrogen (secondary N) is 2. The van der Waals surface area contributed by atoms with Crippen LogP contribution in [0.1, 0.15) is 39.3 Å². The molecule has 2 N–H and O–H groups in total. The number of hydrogen-bond donors (Lipinski definition) is 2. The minimum atomic E-state index is -0.215. The summed E-state index contributed by atoms with van der Waals surface area (Å²) in [6.07, 6.45) is 3.55. The van der Waals surface area contributed by atoms with Crippen LogP contribution in [0, 0.1) is 0 Å². The molecule has 0 bridgehead atoms. The maximum Gasteiger partial charge on any atom is 0.237 e. The van der Waals surface area contributed by atoms with Gasteiger partial charge in [0.2, 0.25) is 5.91 Å². The number of amides is 1. The summed E-state index contributed by atoms with van der Waals surface area (Å²) in [6.45, 7) is 7.80. The molecule has 4 heteroatoms. The third kappa shape index (κ3) is 4.53. The van der Waals surface area contributed by atoms with Crippen molar-refractivity contribution in [3.05, 3.63) is 30.1 Å². The first kappa shape index (κ1) is 13.6. The Morgan fingerprint density at radius 2 is 2.00 bits per heavy atom. The van der Waals surface area contributed by atoms with Gasteiger partial charge in [-0.1, -0.05) is 6.07 Å². The van der Waals surface area contributed by atoms with Crippen LogP contribution >= 0.6 is 0 Å². The molecule has 17 heavy (non-hydrogen) atoms. The van der Waals surface area contributed by atoms with E-state index in [1.807, 2.05) is 46.0 Å². The number of pyridine rings is 1. The molecule has 1 unspecified atom stereocenters. The van der Waals surface area contributed by atoms with Crippen LogP contribution in [0.2, 0.25) is 0 Å².